The monoisotopic (exact) mass is 291 g/mol. The summed E-state index contributed by atoms with van der Waals surface area (Å²) in [5.41, 5.74) is 1.09. The lowest BCUT2D eigenvalue weighted by Crippen LogP contribution is -2.28. The van der Waals surface area contributed by atoms with Crippen LogP contribution in [0.2, 0.25) is 5.02 Å². The third kappa shape index (κ3) is 3.58. The highest BCUT2D eigenvalue weighted by Gasteiger charge is 2.13. The van der Waals surface area contributed by atoms with E-state index in [-0.39, 0.29) is 11.5 Å². The SMILES string of the molecule is C[C@@H](CNC(=O)c1cc(Cl)ccc1F)c1ccccc1. The van der Waals surface area contributed by atoms with E-state index < -0.39 is 11.7 Å². The van der Waals surface area contributed by atoms with E-state index in [1.54, 1.807) is 0 Å². The number of hydrogen-bond donors (Lipinski definition) is 1. The maximum absolute atomic E-state index is 13.5. The van der Waals surface area contributed by atoms with E-state index in [0.29, 0.717) is 11.6 Å². The highest BCUT2D eigenvalue weighted by molar-refractivity contribution is 6.30. The quantitative estimate of drug-likeness (QED) is 0.906. The fraction of sp³-hybridized carbons (Fsp3) is 0.188. The van der Waals surface area contributed by atoms with Gasteiger partial charge in [0.15, 0.2) is 0 Å². The highest BCUT2D eigenvalue weighted by atomic mass is 35.5. The van der Waals surface area contributed by atoms with E-state index in [0.717, 1.165) is 5.56 Å². The molecule has 0 aliphatic carbocycles. The molecule has 1 atom stereocenters. The summed E-state index contributed by atoms with van der Waals surface area (Å²) >= 11 is 5.77. The van der Waals surface area contributed by atoms with Gasteiger partial charge in [-0.25, -0.2) is 4.39 Å². The van der Waals surface area contributed by atoms with Crippen molar-refractivity contribution in [3.63, 3.8) is 0 Å². The standard InChI is InChI=1S/C16H15ClFNO/c1-11(12-5-3-2-4-6-12)10-19-16(20)14-9-13(17)7-8-15(14)18/h2-9,11H,10H2,1H3,(H,19,20)/t11-/m0/s1. The Kier molecular flexibility index (Phi) is 4.74. The van der Waals surface area contributed by atoms with Crippen molar-refractivity contribution in [1.82, 2.24) is 5.32 Å². The number of nitrogens with one attached hydrogen (secondary N) is 1. The van der Waals surface area contributed by atoms with Gasteiger partial charge in [0.1, 0.15) is 5.82 Å². The summed E-state index contributed by atoms with van der Waals surface area (Å²) < 4.78 is 13.5. The van der Waals surface area contributed by atoms with E-state index in [1.165, 1.54) is 18.2 Å². The van der Waals surface area contributed by atoms with Gasteiger partial charge in [0.25, 0.3) is 5.91 Å². The Labute approximate surface area is 122 Å². The largest absolute Gasteiger partial charge is 0.351 e. The van der Waals surface area contributed by atoms with Crippen molar-refractivity contribution in [3.05, 3.63) is 70.5 Å². The molecule has 0 bridgehead atoms. The minimum Gasteiger partial charge on any atom is -0.351 e. The predicted molar refractivity (Wildman–Crippen MR) is 78.6 cm³/mol. The Morgan fingerprint density at radius 1 is 1.25 bits per heavy atom. The number of carbonyl (C=O) groups is 1. The summed E-state index contributed by atoms with van der Waals surface area (Å²) in [6.07, 6.45) is 0. The van der Waals surface area contributed by atoms with Crippen molar-refractivity contribution >= 4 is 17.5 Å². The molecule has 0 unspecified atom stereocenters. The molecule has 1 amide bonds. The van der Waals surface area contributed by atoms with Crippen LogP contribution in [0.1, 0.15) is 28.8 Å². The van der Waals surface area contributed by atoms with Crippen LogP contribution in [0.4, 0.5) is 4.39 Å². The van der Waals surface area contributed by atoms with Crippen molar-refractivity contribution < 1.29 is 9.18 Å². The third-order valence-corrected chi connectivity index (χ3v) is 3.35. The number of rotatable bonds is 4. The molecule has 2 aromatic carbocycles. The minimum absolute atomic E-state index is 0.0299. The summed E-state index contributed by atoms with van der Waals surface area (Å²) in [6.45, 7) is 2.44. The van der Waals surface area contributed by atoms with Gasteiger partial charge in [-0.15, -0.1) is 0 Å². The Hall–Kier alpha value is -1.87. The lowest BCUT2D eigenvalue weighted by Gasteiger charge is -2.13. The fourth-order valence-corrected chi connectivity index (χ4v) is 2.08. The predicted octanol–water partition coefficient (Wildman–Crippen LogP) is 4.01. The van der Waals surface area contributed by atoms with Crippen molar-refractivity contribution in [1.29, 1.82) is 0 Å². The molecular weight excluding hydrogens is 277 g/mol. The van der Waals surface area contributed by atoms with Gasteiger partial charge in [0.2, 0.25) is 0 Å². The molecule has 0 spiro atoms. The molecule has 0 saturated heterocycles. The first-order valence-electron chi connectivity index (χ1n) is 6.36. The first-order valence-corrected chi connectivity index (χ1v) is 6.74. The Morgan fingerprint density at radius 2 is 1.95 bits per heavy atom. The number of benzene rings is 2. The second kappa shape index (κ2) is 6.53. The van der Waals surface area contributed by atoms with E-state index in [4.69, 9.17) is 11.6 Å². The molecule has 0 radical (unpaired) electrons. The zero-order valence-corrected chi connectivity index (χ0v) is 11.8. The number of amides is 1. The van der Waals surface area contributed by atoms with Gasteiger partial charge in [-0.2, -0.15) is 0 Å². The highest BCUT2D eigenvalue weighted by Crippen LogP contribution is 2.16. The second-order valence-electron chi connectivity index (χ2n) is 4.65. The molecule has 0 heterocycles. The van der Waals surface area contributed by atoms with Crippen LogP contribution in [0.3, 0.4) is 0 Å². The first kappa shape index (κ1) is 14.5. The number of carbonyl (C=O) groups excluding carboxylic acids is 1. The van der Waals surface area contributed by atoms with Crippen LogP contribution in [0.15, 0.2) is 48.5 Å². The minimum atomic E-state index is -0.570. The van der Waals surface area contributed by atoms with Crippen LogP contribution >= 0.6 is 11.6 Å². The summed E-state index contributed by atoms with van der Waals surface area (Å²) in [5.74, 6) is -0.866. The molecule has 0 aliphatic heterocycles. The summed E-state index contributed by atoms with van der Waals surface area (Å²) in [6, 6.07) is 13.8. The lowest BCUT2D eigenvalue weighted by atomic mass is 10.0. The molecule has 0 fully saturated rings. The Bertz CT molecular complexity index is 601. The second-order valence-corrected chi connectivity index (χ2v) is 5.08. The maximum atomic E-state index is 13.5. The van der Waals surface area contributed by atoms with Crippen LogP contribution in [-0.2, 0) is 0 Å². The molecule has 4 heteroatoms. The average Bonchev–Trinajstić information content (AvgIpc) is 2.47. The third-order valence-electron chi connectivity index (χ3n) is 3.11. The molecular formula is C16H15ClFNO. The van der Waals surface area contributed by atoms with Crippen LogP contribution in [0.5, 0.6) is 0 Å². The lowest BCUT2D eigenvalue weighted by molar-refractivity contribution is 0.0947. The van der Waals surface area contributed by atoms with Gasteiger partial charge in [-0.1, -0.05) is 48.9 Å². The maximum Gasteiger partial charge on any atom is 0.254 e. The van der Waals surface area contributed by atoms with Gasteiger partial charge in [-0.05, 0) is 29.7 Å². The van der Waals surface area contributed by atoms with Crippen molar-refractivity contribution in [3.8, 4) is 0 Å². The van der Waals surface area contributed by atoms with Gasteiger partial charge in [0.05, 0.1) is 5.56 Å². The molecule has 2 aromatic rings. The van der Waals surface area contributed by atoms with Crippen LogP contribution in [0.25, 0.3) is 0 Å². The molecule has 104 valence electrons. The summed E-state index contributed by atoms with van der Waals surface area (Å²) in [4.78, 5) is 11.9. The fourth-order valence-electron chi connectivity index (χ4n) is 1.91. The molecule has 2 rings (SSSR count). The van der Waals surface area contributed by atoms with Gasteiger partial charge in [0, 0.05) is 11.6 Å². The van der Waals surface area contributed by atoms with Crippen molar-refractivity contribution in [2.45, 2.75) is 12.8 Å². The Morgan fingerprint density at radius 3 is 2.65 bits per heavy atom. The van der Waals surface area contributed by atoms with Crippen LogP contribution < -0.4 is 5.32 Å². The number of halogens is 2. The first-order chi connectivity index (χ1) is 9.58. The van der Waals surface area contributed by atoms with E-state index >= 15 is 0 Å². The molecule has 0 saturated carbocycles. The molecule has 2 nitrogen and oxygen atoms in total. The van der Waals surface area contributed by atoms with Gasteiger partial charge in [-0.3, -0.25) is 4.79 Å². The van der Waals surface area contributed by atoms with E-state index in [1.807, 2.05) is 37.3 Å². The van der Waals surface area contributed by atoms with Crippen molar-refractivity contribution in [2.24, 2.45) is 0 Å². The topological polar surface area (TPSA) is 29.1 Å². The normalized spacial score (nSPS) is 11.9. The summed E-state index contributed by atoms with van der Waals surface area (Å²) in [5, 5.41) is 3.07. The summed E-state index contributed by atoms with van der Waals surface area (Å²) in [7, 11) is 0. The Balaban J connectivity index is 2.00. The van der Waals surface area contributed by atoms with Gasteiger partial charge >= 0.3 is 0 Å². The number of hydrogen-bond acceptors (Lipinski definition) is 1. The average molecular weight is 292 g/mol. The molecule has 0 aromatic heterocycles. The van der Waals surface area contributed by atoms with E-state index in [2.05, 4.69) is 5.32 Å². The van der Waals surface area contributed by atoms with Crippen molar-refractivity contribution in [2.75, 3.05) is 6.54 Å². The van der Waals surface area contributed by atoms with E-state index in [9.17, 15) is 9.18 Å². The van der Waals surface area contributed by atoms with Gasteiger partial charge < -0.3 is 5.32 Å². The van der Waals surface area contributed by atoms with Crippen LogP contribution in [0, 0.1) is 5.82 Å². The molecule has 1 N–H and O–H groups in total. The molecule has 0 aliphatic rings. The molecule has 20 heavy (non-hydrogen) atoms. The smallest absolute Gasteiger partial charge is 0.254 e. The zero-order chi connectivity index (χ0) is 14.5. The van der Waals surface area contributed by atoms with Crippen LogP contribution in [-0.4, -0.2) is 12.5 Å². The zero-order valence-electron chi connectivity index (χ0n) is 11.1.